The molecular weight excluding hydrogens is 362 g/mol. The van der Waals surface area contributed by atoms with Gasteiger partial charge in [0.25, 0.3) is 5.91 Å². The highest BCUT2D eigenvalue weighted by molar-refractivity contribution is 6.22. The average Bonchev–Trinajstić information content (AvgIpc) is 2.99. The van der Waals surface area contributed by atoms with Crippen LogP contribution in [0.25, 0.3) is 11.1 Å². The second kappa shape index (κ2) is 6.71. The number of carbonyl (C=O) groups is 2. The van der Waals surface area contributed by atoms with Crippen molar-refractivity contribution in [2.45, 2.75) is 6.04 Å². The van der Waals surface area contributed by atoms with E-state index in [0.29, 0.717) is 17.2 Å². The molecule has 0 saturated carbocycles. The molecule has 3 aromatic rings. The molecule has 0 bridgehead atoms. The molecule has 0 heterocycles. The van der Waals surface area contributed by atoms with Gasteiger partial charge in [0.1, 0.15) is 17.7 Å². The lowest BCUT2D eigenvalue weighted by Crippen LogP contribution is -2.28. The lowest BCUT2D eigenvalue weighted by atomic mass is 10.0. The van der Waals surface area contributed by atoms with E-state index in [-0.39, 0.29) is 16.9 Å². The molecule has 1 aliphatic carbocycles. The third-order valence-electron chi connectivity index (χ3n) is 4.67. The van der Waals surface area contributed by atoms with Crippen LogP contribution < -0.4 is 5.32 Å². The Morgan fingerprint density at radius 1 is 0.929 bits per heavy atom. The Balaban J connectivity index is 1.63. The number of hydrogen-bond donors (Lipinski definition) is 1. The van der Waals surface area contributed by atoms with E-state index < -0.39 is 23.6 Å². The van der Waals surface area contributed by atoms with E-state index in [2.05, 4.69) is 5.32 Å². The molecule has 0 aromatic heterocycles. The predicted molar refractivity (Wildman–Crippen MR) is 97.5 cm³/mol. The molecule has 0 saturated heterocycles. The number of nitrogens with zero attached hydrogens (tertiary/aromatic N) is 1. The summed E-state index contributed by atoms with van der Waals surface area (Å²) in [7, 11) is 0. The second-order valence-corrected chi connectivity index (χ2v) is 6.34. The van der Waals surface area contributed by atoms with Crippen molar-refractivity contribution in [1.29, 1.82) is 5.26 Å². The number of fused-ring (bicyclic) bond motifs is 3. The fourth-order valence-corrected chi connectivity index (χ4v) is 3.30. The lowest BCUT2D eigenvalue weighted by molar-refractivity contribution is 0.0944. The molecule has 3 aromatic carbocycles. The Morgan fingerprint density at radius 3 is 2.36 bits per heavy atom. The standard InChI is InChI=1S/C22H12F2N2O2/c23-13-6-8-17(19(24)10-13)20(11-25)26-22(28)12-5-7-15-14-3-1-2-4-16(14)21(27)18(15)9-12/h1-10,20H,(H,26,28). The van der Waals surface area contributed by atoms with Crippen LogP contribution in [0, 0.1) is 23.0 Å². The first kappa shape index (κ1) is 17.6. The minimum atomic E-state index is -1.30. The van der Waals surface area contributed by atoms with Crippen LogP contribution in [0.5, 0.6) is 0 Å². The molecule has 136 valence electrons. The average molecular weight is 374 g/mol. The van der Waals surface area contributed by atoms with Crippen LogP contribution in [0.15, 0.2) is 60.7 Å². The number of nitrogens with one attached hydrogen (secondary N) is 1. The molecule has 1 unspecified atom stereocenters. The van der Waals surface area contributed by atoms with Crippen molar-refractivity contribution in [1.82, 2.24) is 5.32 Å². The number of carbonyl (C=O) groups excluding carboxylic acids is 2. The van der Waals surface area contributed by atoms with Gasteiger partial charge in [0.15, 0.2) is 5.78 Å². The number of ketones is 1. The molecule has 1 N–H and O–H groups in total. The Kier molecular flexibility index (Phi) is 4.21. The zero-order chi connectivity index (χ0) is 19.8. The summed E-state index contributed by atoms with van der Waals surface area (Å²) in [5, 5.41) is 11.7. The van der Waals surface area contributed by atoms with Crippen LogP contribution in [0.3, 0.4) is 0 Å². The van der Waals surface area contributed by atoms with Gasteiger partial charge in [0.2, 0.25) is 0 Å². The van der Waals surface area contributed by atoms with Gasteiger partial charge in [-0.3, -0.25) is 9.59 Å². The van der Waals surface area contributed by atoms with Gasteiger partial charge in [-0.2, -0.15) is 5.26 Å². The fraction of sp³-hybridized carbons (Fsp3) is 0.0455. The summed E-state index contributed by atoms with van der Waals surface area (Å²) in [5.41, 5.74) is 2.54. The third kappa shape index (κ3) is 2.83. The Hall–Kier alpha value is -3.85. The molecule has 0 aliphatic heterocycles. The summed E-state index contributed by atoms with van der Waals surface area (Å²) >= 11 is 0. The second-order valence-electron chi connectivity index (χ2n) is 6.34. The molecule has 1 amide bonds. The minimum Gasteiger partial charge on any atom is -0.332 e. The first-order valence-electron chi connectivity index (χ1n) is 8.43. The monoisotopic (exact) mass is 374 g/mol. The van der Waals surface area contributed by atoms with Crippen LogP contribution >= 0.6 is 0 Å². The largest absolute Gasteiger partial charge is 0.332 e. The van der Waals surface area contributed by atoms with Crippen molar-refractivity contribution in [3.63, 3.8) is 0 Å². The highest BCUT2D eigenvalue weighted by Crippen LogP contribution is 2.36. The van der Waals surface area contributed by atoms with Crippen LogP contribution in [0.4, 0.5) is 8.78 Å². The summed E-state index contributed by atoms with van der Waals surface area (Å²) in [6.45, 7) is 0. The van der Waals surface area contributed by atoms with Gasteiger partial charge < -0.3 is 5.32 Å². The lowest BCUT2D eigenvalue weighted by Gasteiger charge is -2.13. The van der Waals surface area contributed by atoms with E-state index in [0.717, 1.165) is 23.3 Å². The summed E-state index contributed by atoms with van der Waals surface area (Å²) in [4.78, 5) is 25.1. The number of amides is 1. The number of hydrogen-bond acceptors (Lipinski definition) is 3. The van der Waals surface area contributed by atoms with E-state index in [4.69, 9.17) is 0 Å². The molecule has 4 rings (SSSR count). The van der Waals surface area contributed by atoms with Crippen molar-refractivity contribution in [2.24, 2.45) is 0 Å². The van der Waals surface area contributed by atoms with Crippen molar-refractivity contribution < 1.29 is 18.4 Å². The van der Waals surface area contributed by atoms with Gasteiger partial charge in [0, 0.05) is 28.3 Å². The number of benzene rings is 3. The van der Waals surface area contributed by atoms with E-state index in [1.165, 1.54) is 6.07 Å². The van der Waals surface area contributed by atoms with E-state index in [9.17, 15) is 23.6 Å². The molecule has 28 heavy (non-hydrogen) atoms. The molecule has 6 heteroatoms. The number of rotatable bonds is 3. The van der Waals surface area contributed by atoms with Gasteiger partial charge in [0.05, 0.1) is 6.07 Å². The van der Waals surface area contributed by atoms with Gasteiger partial charge in [-0.15, -0.1) is 0 Å². The normalized spacial score (nSPS) is 12.7. The van der Waals surface area contributed by atoms with Crippen molar-refractivity contribution in [2.75, 3.05) is 0 Å². The van der Waals surface area contributed by atoms with Gasteiger partial charge >= 0.3 is 0 Å². The highest BCUT2D eigenvalue weighted by atomic mass is 19.1. The van der Waals surface area contributed by atoms with Crippen molar-refractivity contribution in [3.05, 3.63) is 94.6 Å². The molecule has 1 aliphatic rings. The summed E-state index contributed by atoms with van der Waals surface area (Å²) < 4.78 is 27.0. The molecule has 1 atom stereocenters. The molecule has 0 radical (unpaired) electrons. The summed E-state index contributed by atoms with van der Waals surface area (Å²) in [5.74, 6) is -2.52. The van der Waals surface area contributed by atoms with Gasteiger partial charge in [-0.25, -0.2) is 8.78 Å². The highest BCUT2D eigenvalue weighted by Gasteiger charge is 2.27. The van der Waals surface area contributed by atoms with Crippen LogP contribution in [-0.4, -0.2) is 11.7 Å². The third-order valence-corrected chi connectivity index (χ3v) is 4.67. The molecule has 0 spiro atoms. The number of nitriles is 1. The van der Waals surface area contributed by atoms with Crippen LogP contribution in [0.2, 0.25) is 0 Å². The first-order valence-corrected chi connectivity index (χ1v) is 8.43. The fourth-order valence-electron chi connectivity index (χ4n) is 3.30. The van der Waals surface area contributed by atoms with Crippen LogP contribution in [0.1, 0.15) is 37.9 Å². The van der Waals surface area contributed by atoms with Crippen molar-refractivity contribution in [3.8, 4) is 17.2 Å². The van der Waals surface area contributed by atoms with E-state index in [1.54, 1.807) is 30.3 Å². The minimum absolute atomic E-state index is 0.137. The topological polar surface area (TPSA) is 70.0 Å². The number of halogens is 2. The van der Waals surface area contributed by atoms with Gasteiger partial charge in [-0.1, -0.05) is 36.4 Å². The van der Waals surface area contributed by atoms with Crippen molar-refractivity contribution >= 4 is 11.7 Å². The van der Waals surface area contributed by atoms with E-state index >= 15 is 0 Å². The first-order chi connectivity index (χ1) is 13.5. The molecular formula is C22H12F2N2O2. The Labute approximate surface area is 159 Å². The maximum absolute atomic E-state index is 13.9. The maximum atomic E-state index is 13.9. The summed E-state index contributed by atoms with van der Waals surface area (Å²) in [6.07, 6.45) is 0. The smallest absolute Gasteiger partial charge is 0.252 e. The zero-order valence-electron chi connectivity index (χ0n) is 14.4. The molecule has 4 nitrogen and oxygen atoms in total. The maximum Gasteiger partial charge on any atom is 0.252 e. The van der Waals surface area contributed by atoms with Crippen LogP contribution in [-0.2, 0) is 0 Å². The van der Waals surface area contributed by atoms with Gasteiger partial charge in [-0.05, 0) is 29.3 Å². The zero-order valence-corrected chi connectivity index (χ0v) is 14.4. The Bertz CT molecular complexity index is 1180. The quantitative estimate of drug-likeness (QED) is 0.585. The Morgan fingerprint density at radius 2 is 1.64 bits per heavy atom. The SMILES string of the molecule is N#CC(NC(=O)c1ccc2c(c1)C(=O)c1ccccc1-2)c1ccc(F)cc1F. The summed E-state index contributed by atoms with van der Waals surface area (Å²) in [6, 6.07) is 15.1. The van der Waals surface area contributed by atoms with E-state index in [1.807, 2.05) is 12.1 Å². The molecule has 0 fully saturated rings. The predicted octanol–water partition coefficient (Wildman–Crippen LogP) is 4.17.